The van der Waals surface area contributed by atoms with Crippen molar-refractivity contribution in [3.8, 4) is 5.88 Å². The van der Waals surface area contributed by atoms with Crippen molar-refractivity contribution in [1.29, 1.82) is 0 Å². The van der Waals surface area contributed by atoms with E-state index in [0.717, 1.165) is 17.3 Å². The zero-order valence-electron chi connectivity index (χ0n) is 8.99. The van der Waals surface area contributed by atoms with Crippen molar-refractivity contribution in [1.82, 2.24) is 4.57 Å². The number of rotatable bonds is 6. The highest BCUT2D eigenvalue weighted by atomic mass is 79.9. The number of aromatic nitrogens is 1. The van der Waals surface area contributed by atoms with E-state index in [2.05, 4.69) is 44.5 Å². The summed E-state index contributed by atoms with van der Waals surface area (Å²) in [6, 6.07) is 0. The molecule has 0 saturated heterocycles. The Bertz CT molecular complexity index is 395. The van der Waals surface area contributed by atoms with Crippen molar-refractivity contribution < 1.29 is 15.0 Å². The fourth-order valence-corrected chi connectivity index (χ4v) is 2.72. The number of nitrogens with zero attached hydrogens (tertiary/aromatic N) is 1. The van der Waals surface area contributed by atoms with E-state index < -0.39 is 5.97 Å². The van der Waals surface area contributed by atoms with Gasteiger partial charge in [-0.1, -0.05) is 6.42 Å². The summed E-state index contributed by atoms with van der Waals surface area (Å²) in [5.41, 5.74) is 0. The minimum Gasteiger partial charge on any atom is -0.494 e. The summed E-state index contributed by atoms with van der Waals surface area (Å²) in [7, 11) is 0. The van der Waals surface area contributed by atoms with Crippen LogP contribution in [0.3, 0.4) is 0 Å². The number of hydrogen-bond acceptors (Lipinski definition) is 3. The molecular weight excluding hydrogens is 374 g/mol. The minimum atomic E-state index is -0.769. The maximum atomic E-state index is 10.3. The molecule has 1 aromatic heterocycles. The lowest BCUT2D eigenvalue weighted by Gasteiger charge is -2.06. The molecule has 96 valence electrons. The smallest absolute Gasteiger partial charge is 0.303 e. The SMILES string of the molecule is O=C(O)CCCCCn1c(O)c(Br)c(Br)c1S. The van der Waals surface area contributed by atoms with E-state index in [1.165, 1.54) is 0 Å². The highest BCUT2D eigenvalue weighted by molar-refractivity contribution is 9.13. The number of carboxylic acid groups (broad SMARTS) is 1. The molecule has 0 aliphatic carbocycles. The Labute approximate surface area is 122 Å². The number of thiol groups is 1. The molecule has 1 aromatic rings. The average Bonchev–Trinajstić information content (AvgIpc) is 2.45. The van der Waals surface area contributed by atoms with Crippen LogP contribution >= 0.6 is 44.5 Å². The number of unbranched alkanes of at least 4 members (excludes halogenated alkanes) is 2. The van der Waals surface area contributed by atoms with Gasteiger partial charge in [0.1, 0.15) is 0 Å². The first-order valence-corrected chi connectivity index (χ1v) is 7.15. The Morgan fingerprint density at radius 3 is 2.35 bits per heavy atom. The molecule has 0 radical (unpaired) electrons. The summed E-state index contributed by atoms with van der Waals surface area (Å²) in [5.74, 6) is -0.630. The van der Waals surface area contributed by atoms with Crippen molar-refractivity contribution in [3.63, 3.8) is 0 Å². The molecule has 0 unspecified atom stereocenters. The fourth-order valence-electron chi connectivity index (χ4n) is 1.47. The molecule has 1 rings (SSSR count). The molecule has 2 N–H and O–H groups in total. The van der Waals surface area contributed by atoms with Gasteiger partial charge in [0, 0.05) is 13.0 Å². The molecule has 0 saturated carbocycles. The first kappa shape index (κ1) is 14.9. The van der Waals surface area contributed by atoms with Crippen LogP contribution in [-0.2, 0) is 11.3 Å². The maximum Gasteiger partial charge on any atom is 0.303 e. The Morgan fingerprint density at radius 2 is 1.88 bits per heavy atom. The number of carbonyl (C=O) groups is 1. The van der Waals surface area contributed by atoms with Gasteiger partial charge in [0.25, 0.3) is 0 Å². The fraction of sp³-hybridized carbons (Fsp3) is 0.500. The zero-order valence-corrected chi connectivity index (χ0v) is 13.1. The third kappa shape index (κ3) is 3.93. The highest BCUT2D eigenvalue weighted by Gasteiger charge is 2.16. The van der Waals surface area contributed by atoms with E-state index >= 15 is 0 Å². The van der Waals surface area contributed by atoms with Gasteiger partial charge in [-0.25, -0.2) is 0 Å². The van der Waals surface area contributed by atoms with Crippen LogP contribution in [0, 0.1) is 0 Å². The molecule has 1 heterocycles. The van der Waals surface area contributed by atoms with Gasteiger partial charge in [-0.15, -0.1) is 12.6 Å². The van der Waals surface area contributed by atoms with Crippen molar-refractivity contribution in [3.05, 3.63) is 8.95 Å². The van der Waals surface area contributed by atoms with Crippen LogP contribution in [0.25, 0.3) is 0 Å². The summed E-state index contributed by atoms with van der Waals surface area (Å²) >= 11 is 10.9. The standard InChI is InChI=1S/C10H13Br2NO3S/c11-7-8(12)10(17)13(9(7)16)5-3-1-2-4-6(14)15/h16-17H,1-5H2,(H,14,15). The van der Waals surface area contributed by atoms with Gasteiger partial charge in [-0.2, -0.15) is 0 Å². The van der Waals surface area contributed by atoms with Crippen LogP contribution in [0.4, 0.5) is 0 Å². The van der Waals surface area contributed by atoms with Gasteiger partial charge < -0.3 is 14.8 Å². The quantitative estimate of drug-likeness (QED) is 0.516. The van der Waals surface area contributed by atoms with Crippen molar-refractivity contribution >= 4 is 50.5 Å². The van der Waals surface area contributed by atoms with Crippen LogP contribution in [0.5, 0.6) is 5.88 Å². The van der Waals surface area contributed by atoms with E-state index in [9.17, 15) is 9.90 Å². The van der Waals surface area contributed by atoms with Crippen LogP contribution in [0.1, 0.15) is 25.7 Å². The highest BCUT2D eigenvalue weighted by Crippen LogP contribution is 2.39. The second kappa shape index (κ2) is 6.70. The molecule has 0 atom stereocenters. The lowest BCUT2D eigenvalue weighted by molar-refractivity contribution is -0.137. The Hall–Kier alpha value is -0.140. The van der Waals surface area contributed by atoms with E-state index in [1.807, 2.05) is 0 Å². The molecule has 4 nitrogen and oxygen atoms in total. The van der Waals surface area contributed by atoms with Gasteiger partial charge in [0.05, 0.1) is 14.0 Å². The predicted octanol–water partition coefficient (Wildman–Crippen LogP) is 3.65. The second-order valence-electron chi connectivity index (χ2n) is 3.63. The first-order valence-electron chi connectivity index (χ1n) is 5.12. The van der Waals surface area contributed by atoms with Crippen LogP contribution in [0.15, 0.2) is 14.0 Å². The minimum absolute atomic E-state index is 0.139. The summed E-state index contributed by atoms with van der Waals surface area (Å²) < 4.78 is 3.00. The molecule has 7 heteroatoms. The summed E-state index contributed by atoms with van der Waals surface area (Å²) in [6.45, 7) is 0.620. The predicted molar refractivity (Wildman–Crippen MR) is 74.9 cm³/mol. The van der Waals surface area contributed by atoms with E-state index in [1.54, 1.807) is 4.57 Å². The molecule has 0 fully saturated rings. The maximum absolute atomic E-state index is 10.3. The van der Waals surface area contributed by atoms with Gasteiger partial charge in [-0.05, 0) is 44.7 Å². The first-order chi connectivity index (χ1) is 7.95. The largest absolute Gasteiger partial charge is 0.494 e. The average molecular weight is 387 g/mol. The number of aromatic hydroxyl groups is 1. The lowest BCUT2D eigenvalue weighted by atomic mass is 10.2. The number of carboxylic acids is 1. The Kier molecular flexibility index (Phi) is 5.88. The monoisotopic (exact) mass is 385 g/mol. The molecule has 0 spiro atoms. The second-order valence-corrected chi connectivity index (χ2v) is 5.64. The normalized spacial score (nSPS) is 10.8. The third-order valence-corrected chi connectivity index (χ3v) is 5.20. The van der Waals surface area contributed by atoms with Crippen LogP contribution in [0.2, 0.25) is 0 Å². The molecule has 0 amide bonds. The van der Waals surface area contributed by atoms with Crippen molar-refractivity contribution in [2.24, 2.45) is 0 Å². The molecule has 0 aliphatic rings. The molecule has 17 heavy (non-hydrogen) atoms. The van der Waals surface area contributed by atoms with E-state index in [-0.39, 0.29) is 12.3 Å². The molecule has 0 bridgehead atoms. The Morgan fingerprint density at radius 1 is 1.24 bits per heavy atom. The summed E-state index contributed by atoms with van der Waals surface area (Å²) in [6.07, 6.45) is 2.47. The summed E-state index contributed by atoms with van der Waals surface area (Å²) in [4.78, 5) is 10.3. The topological polar surface area (TPSA) is 62.5 Å². The van der Waals surface area contributed by atoms with Gasteiger partial charge >= 0.3 is 5.97 Å². The van der Waals surface area contributed by atoms with E-state index in [4.69, 9.17) is 5.11 Å². The molecule has 0 aliphatic heterocycles. The van der Waals surface area contributed by atoms with E-state index in [0.29, 0.717) is 22.5 Å². The number of halogens is 2. The molecule has 0 aromatic carbocycles. The third-order valence-electron chi connectivity index (χ3n) is 2.37. The van der Waals surface area contributed by atoms with Gasteiger partial charge in [0.15, 0.2) is 0 Å². The molecular formula is C10H13Br2NO3S. The summed E-state index contributed by atoms with van der Waals surface area (Å²) in [5, 5.41) is 18.9. The van der Waals surface area contributed by atoms with Crippen molar-refractivity contribution in [2.45, 2.75) is 37.3 Å². The number of hydrogen-bond donors (Lipinski definition) is 3. The lowest BCUT2D eigenvalue weighted by Crippen LogP contribution is -1.99. The van der Waals surface area contributed by atoms with Gasteiger partial charge in [-0.3, -0.25) is 4.79 Å². The number of aliphatic carboxylic acids is 1. The Balaban J connectivity index is 2.47. The zero-order chi connectivity index (χ0) is 13.0. The van der Waals surface area contributed by atoms with Crippen LogP contribution in [-0.4, -0.2) is 20.7 Å². The van der Waals surface area contributed by atoms with Gasteiger partial charge in [0.2, 0.25) is 5.88 Å². The van der Waals surface area contributed by atoms with Crippen molar-refractivity contribution in [2.75, 3.05) is 0 Å². The van der Waals surface area contributed by atoms with Crippen LogP contribution < -0.4 is 0 Å².